The summed E-state index contributed by atoms with van der Waals surface area (Å²) in [5, 5.41) is 6.83. The molecule has 0 saturated heterocycles. The second-order valence-corrected chi connectivity index (χ2v) is 6.93. The molecule has 1 heterocycles. The van der Waals surface area contributed by atoms with E-state index in [1.54, 1.807) is 49.5 Å². The number of rotatable bonds is 7. The molecule has 2 aromatic carbocycles. The molecule has 0 aliphatic rings. The average Bonchev–Trinajstić information content (AvgIpc) is 2.79. The molecule has 2 amide bonds. The molecule has 0 aliphatic heterocycles. The number of aromatic nitrogens is 1. The maximum Gasteiger partial charge on any atom is 0.273 e. The summed E-state index contributed by atoms with van der Waals surface area (Å²) in [7, 11) is 0. The lowest BCUT2D eigenvalue weighted by Gasteiger charge is -2.12. The Morgan fingerprint density at radius 3 is 2.55 bits per heavy atom. The third kappa shape index (κ3) is 5.76. The predicted octanol–water partition coefficient (Wildman–Crippen LogP) is 3.87. The molecule has 7 heteroatoms. The minimum Gasteiger partial charge on any atom is -0.483 e. The Hall–Kier alpha value is -4.00. The fraction of sp³-hybridized carbons (Fsp3) is 0.167. The van der Waals surface area contributed by atoms with Gasteiger partial charge in [-0.15, -0.1) is 0 Å². The molecule has 0 bridgehead atoms. The quantitative estimate of drug-likeness (QED) is 0.452. The first-order chi connectivity index (χ1) is 15.0. The highest BCUT2D eigenvalue weighted by Crippen LogP contribution is 2.21. The van der Waals surface area contributed by atoms with Gasteiger partial charge in [-0.2, -0.15) is 5.10 Å². The van der Waals surface area contributed by atoms with E-state index in [4.69, 9.17) is 4.74 Å². The second kappa shape index (κ2) is 10.2. The SMILES string of the molecule is C/C(=N\NC(=O)c1ccccc1NC(=O)COc1cccc(C)c1C)c1ccccn1. The maximum absolute atomic E-state index is 12.6. The van der Waals surface area contributed by atoms with Crippen LogP contribution < -0.4 is 15.5 Å². The van der Waals surface area contributed by atoms with Gasteiger partial charge in [-0.3, -0.25) is 14.6 Å². The van der Waals surface area contributed by atoms with E-state index in [1.807, 2.05) is 38.1 Å². The van der Waals surface area contributed by atoms with Crippen LogP contribution in [0.5, 0.6) is 5.75 Å². The summed E-state index contributed by atoms with van der Waals surface area (Å²) in [6.45, 7) is 5.50. The Bertz CT molecular complexity index is 1110. The predicted molar refractivity (Wildman–Crippen MR) is 120 cm³/mol. The molecular formula is C24H24N4O3. The Balaban J connectivity index is 1.65. The lowest BCUT2D eigenvalue weighted by Crippen LogP contribution is -2.25. The van der Waals surface area contributed by atoms with Crippen molar-refractivity contribution < 1.29 is 14.3 Å². The first-order valence-corrected chi connectivity index (χ1v) is 9.79. The van der Waals surface area contributed by atoms with E-state index in [1.165, 1.54) is 0 Å². The van der Waals surface area contributed by atoms with Gasteiger partial charge < -0.3 is 10.1 Å². The molecule has 3 rings (SSSR count). The third-order valence-electron chi connectivity index (χ3n) is 4.72. The zero-order valence-corrected chi connectivity index (χ0v) is 17.7. The number of carbonyl (C=O) groups is 2. The van der Waals surface area contributed by atoms with Crippen LogP contribution in [-0.4, -0.2) is 29.1 Å². The zero-order valence-electron chi connectivity index (χ0n) is 17.7. The first-order valence-electron chi connectivity index (χ1n) is 9.79. The van der Waals surface area contributed by atoms with Gasteiger partial charge >= 0.3 is 0 Å². The summed E-state index contributed by atoms with van der Waals surface area (Å²) >= 11 is 0. The van der Waals surface area contributed by atoms with Crippen LogP contribution in [0.3, 0.4) is 0 Å². The first kappa shape index (κ1) is 21.7. The lowest BCUT2D eigenvalue weighted by molar-refractivity contribution is -0.118. The number of hydrogen-bond donors (Lipinski definition) is 2. The molecule has 0 aliphatic carbocycles. The fourth-order valence-corrected chi connectivity index (χ4v) is 2.83. The Morgan fingerprint density at radius 1 is 1.00 bits per heavy atom. The summed E-state index contributed by atoms with van der Waals surface area (Å²) in [6, 6.07) is 17.8. The van der Waals surface area contributed by atoms with Crippen LogP contribution in [0, 0.1) is 13.8 Å². The molecular weight excluding hydrogens is 392 g/mol. The van der Waals surface area contributed by atoms with E-state index in [0.29, 0.717) is 28.4 Å². The highest BCUT2D eigenvalue weighted by Gasteiger charge is 2.14. The van der Waals surface area contributed by atoms with E-state index in [-0.39, 0.29) is 12.5 Å². The third-order valence-corrected chi connectivity index (χ3v) is 4.72. The van der Waals surface area contributed by atoms with Crippen molar-refractivity contribution in [3.63, 3.8) is 0 Å². The summed E-state index contributed by atoms with van der Waals surface area (Å²) in [4.78, 5) is 29.2. The topological polar surface area (TPSA) is 92.7 Å². The van der Waals surface area contributed by atoms with Crippen molar-refractivity contribution in [1.29, 1.82) is 0 Å². The molecule has 0 saturated carbocycles. The van der Waals surface area contributed by atoms with Gasteiger partial charge in [0.2, 0.25) is 0 Å². The number of anilines is 1. The highest BCUT2D eigenvalue weighted by atomic mass is 16.5. The van der Waals surface area contributed by atoms with E-state index in [2.05, 4.69) is 20.8 Å². The van der Waals surface area contributed by atoms with Crippen LogP contribution in [0.1, 0.15) is 34.1 Å². The molecule has 7 nitrogen and oxygen atoms in total. The van der Waals surface area contributed by atoms with E-state index in [0.717, 1.165) is 11.1 Å². The minimum atomic E-state index is -0.443. The summed E-state index contributed by atoms with van der Waals surface area (Å²) in [5.74, 6) is -0.156. The number of nitrogens with one attached hydrogen (secondary N) is 2. The van der Waals surface area contributed by atoms with Crippen molar-refractivity contribution in [3.8, 4) is 5.75 Å². The number of pyridine rings is 1. The number of para-hydroxylation sites is 1. The van der Waals surface area contributed by atoms with Gasteiger partial charge in [0.1, 0.15) is 5.75 Å². The Labute approximate surface area is 181 Å². The maximum atomic E-state index is 12.6. The number of amides is 2. The van der Waals surface area contributed by atoms with E-state index < -0.39 is 5.91 Å². The van der Waals surface area contributed by atoms with E-state index in [9.17, 15) is 9.59 Å². The van der Waals surface area contributed by atoms with Gasteiger partial charge in [0.25, 0.3) is 11.8 Å². The zero-order chi connectivity index (χ0) is 22.2. The van der Waals surface area contributed by atoms with Crippen molar-refractivity contribution in [1.82, 2.24) is 10.4 Å². The van der Waals surface area contributed by atoms with Crippen LogP contribution in [0.25, 0.3) is 0 Å². The normalized spacial score (nSPS) is 11.0. The second-order valence-electron chi connectivity index (χ2n) is 6.93. The molecule has 0 fully saturated rings. The van der Waals surface area contributed by atoms with Crippen molar-refractivity contribution >= 4 is 23.2 Å². The Kier molecular flexibility index (Phi) is 7.11. The fourth-order valence-electron chi connectivity index (χ4n) is 2.83. The van der Waals surface area contributed by atoms with Gasteiger partial charge in [-0.25, -0.2) is 5.43 Å². The van der Waals surface area contributed by atoms with Gasteiger partial charge in [0.15, 0.2) is 6.61 Å². The summed E-state index contributed by atoms with van der Waals surface area (Å²) < 4.78 is 5.64. The minimum absolute atomic E-state index is 0.169. The largest absolute Gasteiger partial charge is 0.483 e. The van der Waals surface area contributed by atoms with Crippen molar-refractivity contribution in [2.45, 2.75) is 20.8 Å². The van der Waals surface area contributed by atoms with Crippen molar-refractivity contribution in [2.24, 2.45) is 5.10 Å². The summed E-state index contributed by atoms with van der Waals surface area (Å²) in [6.07, 6.45) is 1.65. The van der Waals surface area contributed by atoms with Crippen LogP contribution in [0.4, 0.5) is 5.69 Å². The number of nitrogens with zero attached hydrogens (tertiary/aromatic N) is 2. The molecule has 0 radical (unpaired) electrons. The monoisotopic (exact) mass is 416 g/mol. The van der Waals surface area contributed by atoms with Crippen LogP contribution in [-0.2, 0) is 4.79 Å². The van der Waals surface area contributed by atoms with Gasteiger partial charge in [-0.1, -0.05) is 30.3 Å². The summed E-state index contributed by atoms with van der Waals surface area (Å²) in [5.41, 5.74) is 6.47. The number of ether oxygens (including phenoxy) is 1. The van der Waals surface area contributed by atoms with Crippen LogP contribution >= 0.6 is 0 Å². The van der Waals surface area contributed by atoms with Gasteiger partial charge in [-0.05, 0) is 62.2 Å². The van der Waals surface area contributed by atoms with Crippen molar-refractivity contribution in [3.05, 3.63) is 89.2 Å². The highest BCUT2D eigenvalue weighted by molar-refractivity contribution is 6.05. The van der Waals surface area contributed by atoms with Gasteiger partial charge in [0.05, 0.1) is 22.7 Å². The number of benzene rings is 2. The standard InChI is InChI=1S/C24H24N4O3/c1-16-9-8-13-22(17(16)2)31-15-23(29)26-21-12-5-4-10-19(21)24(30)28-27-18(3)20-11-6-7-14-25-20/h4-14H,15H2,1-3H3,(H,26,29)(H,28,30)/b27-18+. The van der Waals surface area contributed by atoms with Crippen molar-refractivity contribution in [2.75, 3.05) is 11.9 Å². The molecule has 31 heavy (non-hydrogen) atoms. The molecule has 0 spiro atoms. The number of carbonyl (C=O) groups excluding carboxylic acids is 2. The molecule has 3 aromatic rings. The number of aryl methyl sites for hydroxylation is 1. The average molecular weight is 416 g/mol. The number of hydrazone groups is 1. The molecule has 158 valence electrons. The smallest absolute Gasteiger partial charge is 0.273 e. The lowest BCUT2D eigenvalue weighted by atomic mass is 10.1. The van der Waals surface area contributed by atoms with Crippen LogP contribution in [0.2, 0.25) is 0 Å². The molecule has 1 aromatic heterocycles. The van der Waals surface area contributed by atoms with Crippen LogP contribution in [0.15, 0.2) is 72.0 Å². The van der Waals surface area contributed by atoms with E-state index >= 15 is 0 Å². The van der Waals surface area contributed by atoms with Gasteiger partial charge in [0, 0.05) is 6.20 Å². The number of hydrogen-bond acceptors (Lipinski definition) is 5. The Morgan fingerprint density at radius 2 is 1.77 bits per heavy atom. The molecule has 0 unspecified atom stereocenters. The molecule has 0 atom stereocenters. The molecule has 2 N–H and O–H groups in total.